The van der Waals surface area contributed by atoms with Gasteiger partial charge in [-0.05, 0) is 0 Å². The minimum Gasteiger partial charge on any atom is -0.479 e. The number of nitro groups is 1. The number of pyridine rings is 1. The van der Waals surface area contributed by atoms with Gasteiger partial charge in [0.1, 0.15) is 22.6 Å². The lowest BCUT2D eigenvalue weighted by Crippen LogP contribution is -1.99. The lowest BCUT2D eigenvalue weighted by atomic mass is 10.2. The molecule has 0 aliphatic heterocycles. The second kappa shape index (κ2) is 5.68. The predicted octanol–water partition coefficient (Wildman–Crippen LogP) is 1.37. The first-order chi connectivity index (χ1) is 9.93. The summed E-state index contributed by atoms with van der Waals surface area (Å²) in [6.45, 7) is 0. The highest BCUT2D eigenvalue weighted by atomic mass is 35.5. The Morgan fingerprint density at radius 3 is 2.86 bits per heavy atom. The summed E-state index contributed by atoms with van der Waals surface area (Å²) in [5.74, 6) is 5.78. The standard InChI is InChI=1S/C12H10ClN5O3/c1-17-6-7(12(16-17)21-2)3-4-8-10(13)9(18(19)20)5-15-11(8)14/h5-6H,1-2H3,(H2,14,15). The summed E-state index contributed by atoms with van der Waals surface area (Å²) in [7, 11) is 3.17. The fourth-order valence-corrected chi connectivity index (χ4v) is 1.83. The second-order valence-corrected chi connectivity index (χ2v) is 4.33. The topological polar surface area (TPSA) is 109 Å². The quantitative estimate of drug-likeness (QED) is 0.510. The van der Waals surface area contributed by atoms with Gasteiger partial charge in [0, 0.05) is 13.2 Å². The van der Waals surface area contributed by atoms with Crippen molar-refractivity contribution in [2.45, 2.75) is 0 Å². The number of aromatic nitrogens is 3. The molecule has 2 heterocycles. The first-order valence-corrected chi connectivity index (χ1v) is 5.99. The van der Waals surface area contributed by atoms with Crippen LogP contribution in [-0.2, 0) is 7.05 Å². The number of nitrogen functional groups attached to an aromatic ring is 1. The monoisotopic (exact) mass is 307 g/mol. The van der Waals surface area contributed by atoms with Crippen LogP contribution in [-0.4, -0.2) is 26.8 Å². The SMILES string of the molecule is COc1nn(C)cc1C#Cc1c(N)ncc([N+](=O)[O-])c1Cl. The molecule has 0 aromatic carbocycles. The lowest BCUT2D eigenvalue weighted by Gasteiger charge is -2.00. The summed E-state index contributed by atoms with van der Waals surface area (Å²) in [6, 6.07) is 0. The van der Waals surface area contributed by atoms with Gasteiger partial charge >= 0.3 is 5.69 Å². The third-order valence-electron chi connectivity index (χ3n) is 2.53. The van der Waals surface area contributed by atoms with Crippen LogP contribution in [0.5, 0.6) is 5.88 Å². The molecule has 0 spiro atoms. The molecule has 0 saturated heterocycles. The van der Waals surface area contributed by atoms with Crippen molar-refractivity contribution >= 4 is 23.1 Å². The maximum absolute atomic E-state index is 10.8. The van der Waals surface area contributed by atoms with Gasteiger partial charge in [-0.15, -0.1) is 5.10 Å². The fraction of sp³-hybridized carbons (Fsp3) is 0.167. The zero-order valence-corrected chi connectivity index (χ0v) is 11.9. The number of hydrogen-bond donors (Lipinski definition) is 1. The average Bonchev–Trinajstić information content (AvgIpc) is 2.78. The Bertz CT molecular complexity index is 775. The van der Waals surface area contributed by atoms with Crippen LogP contribution in [0.2, 0.25) is 5.02 Å². The van der Waals surface area contributed by atoms with Gasteiger partial charge in [0.25, 0.3) is 0 Å². The zero-order valence-electron chi connectivity index (χ0n) is 11.1. The van der Waals surface area contributed by atoms with Crippen LogP contribution in [0.15, 0.2) is 12.4 Å². The molecular weight excluding hydrogens is 298 g/mol. The van der Waals surface area contributed by atoms with E-state index in [1.165, 1.54) is 11.8 Å². The number of nitrogens with two attached hydrogens (primary N) is 1. The number of ether oxygens (including phenoxy) is 1. The lowest BCUT2D eigenvalue weighted by molar-refractivity contribution is -0.385. The van der Waals surface area contributed by atoms with Gasteiger partial charge in [-0.2, -0.15) is 0 Å². The van der Waals surface area contributed by atoms with Gasteiger partial charge in [0.15, 0.2) is 0 Å². The molecule has 9 heteroatoms. The minimum absolute atomic E-state index is 0.0148. The van der Waals surface area contributed by atoms with E-state index in [4.69, 9.17) is 22.1 Å². The zero-order chi connectivity index (χ0) is 15.6. The van der Waals surface area contributed by atoms with Gasteiger partial charge in [-0.25, -0.2) is 4.98 Å². The Hall–Kier alpha value is -2.79. The van der Waals surface area contributed by atoms with Crippen LogP contribution in [0.25, 0.3) is 0 Å². The molecule has 0 aliphatic rings. The largest absolute Gasteiger partial charge is 0.479 e. The molecule has 0 atom stereocenters. The van der Waals surface area contributed by atoms with Crippen LogP contribution in [0, 0.1) is 22.0 Å². The van der Waals surface area contributed by atoms with E-state index in [0.717, 1.165) is 6.20 Å². The molecule has 2 N–H and O–H groups in total. The predicted molar refractivity (Wildman–Crippen MR) is 76.1 cm³/mol. The van der Waals surface area contributed by atoms with E-state index in [0.29, 0.717) is 11.4 Å². The summed E-state index contributed by atoms with van der Waals surface area (Å²) >= 11 is 5.94. The summed E-state index contributed by atoms with van der Waals surface area (Å²) in [6.07, 6.45) is 2.63. The van der Waals surface area contributed by atoms with Crippen LogP contribution >= 0.6 is 11.6 Å². The summed E-state index contributed by atoms with van der Waals surface area (Å²) in [5, 5.41) is 14.7. The fourth-order valence-electron chi connectivity index (χ4n) is 1.57. The first kappa shape index (κ1) is 14.6. The molecule has 0 unspecified atom stereocenters. The molecule has 2 aromatic rings. The van der Waals surface area contributed by atoms with Crippen molar-refractivity contribution in [1.29, 1.82) is 0 Å². The summed E-state index contributed by atoms with van der Waals surface area (Å²) < 4.78 is 6.58. The van der Waals surface area contributed by atoms with Crippen molar-refractivity contribution < 1.29 is 9.66 Å². The highest BCUT2D eigenvalue weighted by Gasteiger charge is 2.18. The Morgan fingerprint density at radius 1 is 1.52 bits per heavy atom. The number of anilines is 1. The van der Waals surface area contributed by atoms with Crippen LogP contribution in [0.3, 0.4) is 0 Å². The van der Waals surface area contributed by atoms with Crippen molar-refractivity contribution in [2.75, 3.05) is 12.8 Å². The van der Waals surface area contributed by atoms with E-state index in [2.05, 4.69) is 21.9 Å². The van der Waals surface area contributed by atoms with Crippen molar-refractivity contribution in [1.82, 2.24) is 14.8 Å². The smallest absolute Gasteiger partial charge is 0.307 e. The Morgan fingerprint density at radius 2 is 2.24 bits per heavy atom. The van der Waals surface area contributed by atoms with E-state index >= 15 is 0 Å². The maximum Gasteiger partial charge on any atom is 0.307 e. The number of halogens is 1. The highest BCUT2D eigenvalue weighted by molar-refractivity contribution is 6.34. The molecule has 0 bridgehead atoms. The van der Waals surface area contributed by atoms with E-state index < -0.39 is 4.92 Å². The van der Waals surface area contributed by atoms with Gasteiger partial charge < -0.3 is 10.5 Å². The molecule has 2 rings (SSSR count). The van der Waals surface area contributed by atoms with Crippen molar-refractivity contribution in [2.24, 2.45) is 7.05 Å². The van der Waals surface area contributed by atoms with Crippen molar-refractivity contribution in [3.05, 3.63) is 38.7 Å². The molecule has 0 saturated carbocycles. The molecule has 0 aliphatic carbocycles. The van der Waals surface area contributed by atoms with E-state index in [-0.39, 0.29) is 22.1 Å². The van der Waals surface area contributed by atoms with Gasteiger partial charge in [0.2, 0.25) is 5.88 Å². The third kappa shape index (κ3) is 2.88. The van der Waals surface area contributed by atoms with Gasteiger partial charge in [0.05, 0.1) is 17.6 Å². The Labute approximate surface area is 124 Å². The normalized spacial score (nSPS) is 9.86. The number of methoxy groups -OCH3 is 1. The maximum atomic E-state index is 10.8. The molecule has 8 nitrogen and oxygen atoms in total. The Balaban J connectivity index is 2.52. The summed E-state index contributed by atoms with van der Waals surface area (Å²) in [5.41, 5.74) is 5.90. The molecule has 108 valence electrons. The van der Waals surface area contributed by atoms with E-state index in [1.54, 1.807) is 13.2 Å². The summed E-state index contributed by atoms with van der Waals surface area (Å²) in [4.78, 5) is 13.9. The molecule has 0 fully saturated rings. The van der Waals surface area contributed by atoms with E-state index in [9.17, 15) is 10.1 Å². The second-order valence-electron chi connectivity index (χ2n) is 3.95. The molecular formula is C12H10ClN5O3. The van der Waals surface area contributed by atoms with Gasteiger partial charge in [-0.1, -0.05) is 23.4 Å². The third-order valence-corrected chi connectivity index (χ3v) is 2.92. The number of aryl methyl sites for hydroxylation is 1. The van der Waals surface area contributed by atoms with Crippen LogP contribution < -0.4 is 10.5 Å². The number of rotatable bonds is 2. The van der Waals surface area contributed by atoms with Crippen molar-refractivity contribution in [3.63, 3.8) is 0 Å². The number of hydrogen-bond acceptors (Lipinski definition) is 6. The van der Waals surface area contributed by atoms with Gasteiger partial charge in [-0.3, -0.25) is 14.8 Å². The van der Waals surface area contributed by atoms with Crippen molar-refractivity contribution in [3.8, 4) is 17.7 Å². The number of nitrogens with zero attached hydrogens (tertiary/aromatic N) is 4. The molecule has 21 heavy (non-hydrogen) atoms. The minimum atomic E-state index is -0.648. The van der Waals surface area contributed by atoms with E-state index in [1.807, 2.05) is 0 Å². The molecule has 0 amide bonds. The molecule has 2 aromatic heterocycles. The Kier molecular flexibility index (Phi) is 3.95. The van der Waals surface area contributed by atoms with Crippen LogP contribution in [0.1, 0.15) is 11.1 Å². The molecule has 0 radical (unpaired) electrons. The first-order valence-electron chi connectivity index (χ1n) is 5.62. The highest BCUT2D eigenvalue weighted by Crippen LogP contribution is 2.29. The van der Waals surface area contributed by atoms with Crippen LogP contribution in [0.4, 0.5) is 11.5 Å². The average molecular weight is 308 g/mol.